The van der Waals surface area contributed by atoms with E-state index in [1.165, 1.54) is 0 Å². The lowest BCUT2D eigenvalue weighted by molar-refractivity contribution is -0.00422. The fraction of sp³-hybridized carbons (Fsp3) is 0.345. The van der Waals surface area contributed by atoms with Crippen molar-refractivity contribution in [2.45, 2.75) is 51.9 Å². The molecule has 0 fully saturated rings. The van der Waals surface area contributed by atoms with Crippen LogP contribution in [0.4, 0.5) is 0 Å². The van der Waals surface area contributed by atoms with E-state index in [9.17, 15) is 15.0 Å². The van der Waals surface area contributed by atoms with Gasteiger partial charge in [0.25, 0.3) is 0 Å². The van der Waals surface area contributed by atoms with E-state index in [0.717, 1.165) is 28.7 Å². The van der Waals surface area contributed by atoms with E-state index < -0.39 is 18.2 Å². The van der Waals surface area contributed by atoms with Crippen LogP contribution in [0.15, 0.2) is 66.7 Å². The zero-order valence-corrected chi connectivity index (χ0v) is 21.5. The van der Waals surface area contributed by atoms with E-state index in [1.54, 1.807) is 13.0 Å². The van der Waals surface area contributed by atoms with E-state index in [0.29, 0.717) is 17.1 Å². The Bertz CT molecular complexity index is 1150. The van der Waals surface area contributed by atoms with Crippen LogP contribution in [0.1, 0.15) is 53.9 Å². The Morgan fingerprint density at radius 3 is 2.46 bits per heavy atom. The maximum Gasteiger partial charge on any atom is 0.335 e. The van der Waals surface area contributed by atoms with Crippen LogP contribution in [0.25, 0.3) is 11.1 Å². The molecule has 0 heterocycles. The predicted molar refractivity (Wildman–Crippen MR) is 141 cm³/mol. The molecule has 0 aliphatic rings. The zero-order valence-electron chi connectivity index (χ0n) is 20.7. The molecule has 0 spiro atoms. The fourth-order valence-corrected chi connectivity index (χ4v) is 4.58. The summed E-state index contributed by atoms with van der Waals surface area (Å²) in [6.45, 7) is 8.34. The molecular weight excluding hydrogens is 462 g/mol. The number of rotatable bonds is 11. The molecule has 0 bridgehead atoms. The first kappa shape index (κ1) is 26.9. The van der Waals surface area contributed by atoms with Gasteiger partial charge in [0.1, 0.15) is 0 Å². The summed E-state index contributed by atoms with van der Waals surface area (Å²) >= 11 is 6.10. The fourth-order valence-electron chi connectivity index (χ4n) is 4.37. The minimum absolute atomic E-state index is 0.117. The second-order valence-corrected chi connectivity index (χ2v) is 10.0. The van der Waals surface area contributed by atoms with Crippen LogP contribution >= 0.6 is 11.6 Å². The average molecular weight is 496 g/mol. The number of aliphatic hydroxyl groups excluding tert-OH is 1. The zero-order chi connectivity index (χ0) is 25.6. The Balaban J connectivity index is 1.66. The summed E-state index contributed by atoms with van der Waals surface area (Å²) in [6.07, 6.45) is -0.364. The molecule has 0 radical (unpaired) electrons. The lowest BCUT2D eigenvalue weighted by Gasteiger charge is -2.29. The van der Waals surface area contributed by atoms with E-state index >= 15 is 0 Å². The number of ether oxygens (including phenoxy) is 1. The molecule has 3 rings (SSSR count). The van der Waals surface area contributed by atoms with Gasteiger partial charge in [0, 0.05) is 17.1 Å². The van der Waals surface area contributed by atoms with Crippen LogP contribution in [0.5, 0.6) is 0 Å². The quantitative estimate of drug-likeness (QED) is 0.301. The minimum atomic E-state index is -0.971. The summed E-state index contributed by atoms with van der Waals surface area (Å²) in [5.41, 5.74) is 4.53. The van der Waals surface area contributed by atoms with Gasteiger partial charge in [-0.3, -0.25) is 0 Å². The highest BCUT2D eigenvalue weighted by Gasteiger charge is 2.23. The van der Waals surface area contributed by atoms with Crippen molar-refractivity contribution in [3.8, 4) is 11.1 Å². The topological polar surface area (TPSA) is 78.8 Å². The maximum atomic E-state index is 11.7. The molecule has 0 aliphatic heterocycles. The van der Waals surface area contributed by atoms with Crippen molar-refractivity contribution in [1.82, 2.24) is 5.32 Å². The molecule has 0 aliphatic carbocycles. The van der Waals surface area contributed by atoms with Gasteiger partial charge in [-0.25, -0.2) is 4.79 Å². The van der Waals surface area contributed by atoms with Gasteiger partial charge in [-0.15, -0.1) is 0 Å². The van der Waals surface area contributed by atoms with Crippen LogP contribution in [-0.4, -0.2) is 41.0 Å². The predicted octanol–water partition coefficient (Wildman–Crippen LogP) is 6.06. The number of benzene rings is 3. The number of hydrogen-bond donors (Lipinski definition) is 3. The van der Waals surface area contributed by atoms with Crippen LogP contribution in [-0.2, 0) is 11.2 Å². The Morgan fingerprint density at radius 2 is 1.80 bits per heavy atom. The van der Waals surface area contributed by atoms with Crippen molar-refractivity contribution >= 4 is 17.6 Å². The second kappa shape index (κ2) is 11.8. The number of nitrogens with one attached hydrogen (secondary N) is 1. The molecule has 5 nitrogen and oxygen atoms in total. The summed E-state index contributed by atoms with van der Waals surface area (Å²) in [4.78, 5) is 11.7. The number of aromatic carboxylic acids is 1. The minimum Gasteiger partial charge on any atom is -0.478 e. The molecule has 2 atom stereocenters. The monoisotopic (exact) mass is 495 g/mol. The Labute approximate surface area is 212 Å². The molecule has 3 aromatic carbocycles. The van der Waals surface area contributed by atoms with E-state index in [4.69, 9.17) is 16.3 Å². The largest absolute Gasteiger partial charge is 0.478 e. The average Bonchev–Trinajstić information content (AvgIpc) is 2.81. The van der Waals surface area contributed by atoms with Crippen LogP contribution in [0.2, 0.25) is 5.02 Å². The molecule has 35 heavy (non-hydrogen) atoms. The maximum absolute atomic E-state index is 11.7. The van der Waals surface area contributed by atoms with E-state index in [-0.39, 0.29) is 17.7 Å². The number of hydrogen-bond acceptors (Lipinski definition) is 4. The number of β-amino-alcohol motifs (C(OH)–C–C–N with tert-alkyl or cyclic N) is 1. The van der Waals surface area contributed by atoms with Crippen molar-refractivity contribution in [2.75, 3.05) is 13.2 Å². The first-order valence-corrected chi connectivity index (χ1v) is 12.2. The molecule has 3 aromatic rings. The van der Waals surface area contributed by atoms with Crippen molar-refractivity contribution in [3.05, 3.63) is 94.0 Å². The summed E-state index contributed by atoms with van der Waals surface area (Å²) in [6, 6.07) is 21.1. The number of carboxylic acid groups (broad SMARTS) is 1. The Kier molecular flexibility index (Phi) is 9.09. The molecule has 0 saturated carbocycles. The smallest absolute Gasteiger partial charge is 0.335 e. The van der Waals surface area contributed by atoms with Gasteiger partial charge in [0.2, 0.25) is 0 Å². The van der Waals surface area contributed by atoms with Gasteiger partial charge in [-0.1, -0.05) is 60.1 Å². The van der Waals surface area contributed by atoms with Crippen molar-refractivity contribution in [3.63, 3.8) is 0 Å². The number of carboxylic acids is 1. The highest BCUT2D eigenvalue weighted by molar-refractivity contribution is 6.30. The first-order valence-electron chi connectivity index (χ1n) is 11.8. The highest BCUT2D eigenvalue weighted by atomic mass is 35.5. The first-order chi connectivity index (χ1) is 16.6. The van der Waals surface area contributed by atoms with Gasteiger partial charge in [0.15, 0.2) is 0 Å². The summed E-state index contributed by atoms with van der Waals surface area (Å²) in [5, 5.41) is 24.4. The molecule has 0 aromatic heterocycles. The molecule has 186 valence electrons. The van der Waals surface area contributed by atoms with E-state index in [1.807, 2.05) is 67.6 Å². The second-order valence-electron chi connectivity index (χ2n) is 9.57. The SMILES string of the molecule is Cc1c(C(=O)O)ccc(-c2ccccc2)c1C(C)OC[C@H](O)CNC(C)(C)Cc1cccc(Cl)c1. The lowest BCUT2D eigenvalue weighted by atomic mass is 9.90. The molecular formula is C29H34ClNO4. The van der Waals surface area contributed by atoms with Crippen molar-refractivity contribution in [1.29, 1.82) is 0 Å². The summed E-state index contributed by atoms with van der Waals surface area (Å²) in [7, 11) is 0. The normalized spacial score (nSPS) is 13.4. The van der Waals surface area contributed by atoms with Gasteiger partial charge < -0.3 is 20.3 Å². The molecule has 6 heteroatoms. The standard InChI is InChI=1S/C29H34ClNO4/c1-19-25(28(33)34)13-14-26(22-10-6-5-7-11-22)27(19)20(2)35-18-24(32)17-31-29(3,4)16-21-9-8-12-23(30)15-21/h5-15,20,24,31-32H,16-18H2,1-4H3,(H,33,34)/t20?,24-/m1/s1. The third kappa shape index (κ3) is 7.39. The molecule has 0 amide bonds. The Hall–Kier alpha value is -2.70. The van der Waals surface area contributed by atoms with Gasteiger partial charge in [-0.05, 0) is 80.1 Å². The molecule has 1 unspecified atom stereocenters. The number of aliphatic hydroxyl groups is 1. The van der Waals surface area contributed by atoms with Crippen LogP contribution < -0.4 is 5.32 Å². The third-order valence-corrected chi connectivity index (χ3v) is 6.36. The molecule has 3 N–H and O–H groups in total. The van der Waals surface area contributed by atoms with E-state index in [2.05, 4.69) is 19.2 Å². The number of carbonyl (C=O) groups is 1. The lowest BCUT2D eigenvalue weighted by Crippen LogP contribution is -2.46. The van der Waals surface area contributed by atoms with Gasteiger partial charge in [0.05, 0.1) is 24.4 Å². The third-order valence-electron chi connectivity index (χ3n) is 6.13. The molecule has 0 saturated heterocycles. The Morgan fingerprint density at radius 1 is 1.09 bits per heavy atom. The summed E-state index contributed by atoms with van der Waals surface area (Å²) < 4.78 is 6.07. The van der Waals surface area contributed by atoms with Crippen molar-refractivity contribution < 1.29 is 19.7 Å². The van der Waals surface area contributed by atoms with Gasteiger partial charge >= 0.3 is 5.97 Å². The van der Waals surface area contributed by atoms with Gasteiger partial charge in [-0.2, -0.15) is 0 Å². The number of halogens is 1. The van der Waals surface area contributed by atoms with Crippen LogP contribution in [0, 0.1) is 6.92 Å². The van der Waals surface area contributed by atoms with Crippen LogP contribution in [0.3, 0.4) is 0 Å². The summed E-state index contributed by atoms with van der Waals surface area (Å²) in [5.74, 6) is -0.971. The van der Waals surface area contributed by atoms with Crippen molar-refractivity contribution in [2.24, 2.45) is 0 Å². The highest BCUT2D eigenvalue weighted by Crippen LogP contribution is 2.34.